The summed E-state index contributed by atoms with van der Waals surface area (Å²) < 4.78 is 5.34. The van der Waals surface area contributed by atoms with Crippen LogP contribution in [0.3, 0.4) is 0 Å². The molecule has 1 aromatic carbocycles. The van der Waals surface area contributed by atoms with Crippen LogP contribution in [-0.4, -0.2) is 17.6 Å². The smallest absolute Gasteiger partial charge is 0.287 e. The van der Waals surface area contributed by atoms with Crippen molar-refractivity contribution in [1.82, 2.24) is 5.32 Å². The fourth-order valence-electron chi connectivity index (χ4n) is 1.72. The highest BCUT2D eigenvalue weighted by Gasteiger charge is 2.12. The van der Waals surface area contributed by atoms with E-state index in [-0.39, 0.29) is 22.5 Å². The number of phenolic OH excluding ortho intramolecular Hbond substituents is 1. The van der Waals surface area contributed by atoms with Gasteiger partial charge in [0, 0.05) is 18.7 Å². The van der Waals surface area contributed by atoms with Gasteiger partial charge in [0.15, 0.2) is 11.2 Å². The van der Waals surface area contributed by atoms with E-state index in [1.165, 1.54) is 24.3 Å². The second-order valence-corrected chi connectivity index (χ2v) is 4.26. The van der Waals surface area contributed by atoms with Gasteiger partial charge in [-0.15, -0.1) is 0 Å². The lowest BCUT2D eigenvalue weighted by atomic mass is 10.2. The zero-order chi connectivity index (χ0) is 13.8. The lowest BCUT2D eigenvalue weighted by molar-refractivity contribution is 0.0926. The first kappa shape index (κ1) is 13.1. The molecule has 1 heterocycles. The SMILES string of the molecule is CCCCNC(=O)c1cc(=O)c2ccc(O)cc2o1. The molecule has 0 bridgehead atoms. The number of amides is 1. The van der Waals surface area contributed by atoms with E-state index in [0.29, 0.717) is 11.9 Å². The van der Waals surface area contributed by atoms with Crippen LogP contribution in [0, 0.1) is 0 Å². The molecule has 2 aromatic rings. The van der Waals surface area contributed by atoms with Crippen molar-refractivity contribution in [2.75, 3.05) is 6.54 Å². The Hall–Kier alpha value is -2.30. The molecule has 1 aromatic heterocycles. The van der Waals surface area contributed by atoms with Crippen molar-refractivity contribution in [2.45, 2.75) is 19.8 Å². The Morgan fingerprint density at radius 2 is 2.16 bits per heavy atom. The Balaban J connectivity index is 2.34. The number of aromatic hydroxyl groups is 1. The monoisotopic (exact) mass is 261 g/mol. The molecule has 0 fully saturated rings. The van der Waals surface area contributed by atoms with Crippen LogP contribution in [0.2, 0.25) is 0 Å². The van der Waals surface area contributed by atoms with Crippen molar-refractivity contribution in [2.24, 2.45) is 0 Å². The van der Waals surface area contributed by atoms with Gasteiger partial charge in [-0.3, -0.25) is 9.59 Å². The molecule has 2 N–H and O–H groups in total. The van der Waals surface area contributed by atoms with Crippen LogP contribution >= 0.6 is 0 Å². The first-order valence-corrected chi connectivity index (χ1v) is 6.17. The second kappa shape index (κ2) is 5.56. The quantitative estimate of drug-likeness (QED) is 0.825. The number of hydrogen-bond acceptors (Lipinski definition) is 4. The van der Waals surface area contributed by atoms with E-state index in [0.717, 1.165) is 12.8 Å². The minimum Gasteiger partial charge on any atom is -0.508 e. The van der Waals surface area contributed by atoms with Crippen molar-refractivity contribution >= 4 is 16.9 Å². The first-order chi connectivity index (χ1) is 9.11. The van der Waals surface area contributed by atoms with Crippen molar-refractivity contribution < 1.29 is 14.3 Å². The van der Waals surface area contributed by atoms with Crippen LogP contribution in [0.25, 0.3) is 11.0 Å². The van der Waals surface area contributed by atoms with Crippen LogP contribution < -0.4 is 10.7 Å². The maximum Gasteiger partial charge on any atom is 0.287 e. The zero-order valence-electron chi connectivity index (χ0n) is 10.6. The summed E-state index contributed by atoms with van der Waals surface area (Å²) in [6.45, 7) is 2.56. The highest BCUT2D eigenvalue weighted by Crippen LogP contribution is 2.18. The number of hydrogen-bond donors (Lipinski definition) is 2. The van der Waals surface area contributed by atoms with Crippen molar-refractivity contribution in [3.8, 4) is 5.75 Å². The van der Waals surface area contributed by atoms with Crippen molar-refractivity contribution in [3.05, 3.63) is 40.2 Å². The molecule has 5 heteroatoms. The number of benzene rings is 1. The van der Waals surface area contributed by atoms with E-state index in [2.05, 4.69) is 5.32 Å². The van der Waals surface area contributed by atoms with Gasteiger partial charge in [0.2, 0.25) is 0 Å². The van der Waals surface area contributed by atoms with E-state index < -0.39 is 5.91 Å². The Bertz CT molecular complexity index is 660. The lowest BCUT2D eigenvalue weighted by Gasteiger charge is -2.04. The van der Waals surface area contributed by atoms with Gasteiger partial charge in [-0.05, 0) is 18.6 Å². The first-order valence-electron chi connectivity index (χ1n) is 6.17. The van der Waals surface area contributed by atoms with Crippen LogP contribution in [0.1, 0.15) is 30.3 Å². The zero-order valence-corrected chi connectivity index (χ0v) is 10.6. The molecular formula is C14H15NO4. The van der Waals surface area contributed by atoms with Gasteiger partial charge in [-0.25, -0.2) is 0 Å². The minimum absolute atomic E-state index is 0.0146. The number of fused-ring (bicyclic) bond motifs is 1. The summed E-state index contributed by atoms with van der Waals surface area (Å²) in [6, 6.07) is 5.36. The maximum absolute atomic E-state index is 11.8. The molecule has 0 saturated heterocycles. The summed E-state index contributed by atoms with van der Waals surface area (Å²) in [4.78, 5) is 23.6. The topological polar surface area (TPSA) is 79.5 Å². The molecular weight excluding hydrogens is 246 g/mol. The van der Waals surface area contributed by atoms with Gasteiger partial charge < -0.3 is 14.8 Å². The summed E-state index contributed by atoms with van der Waals surface area (Å²) in [5, 5.41) is 12.4. The molecule has 5 nitrogen and oxygen atoms in total. The molecule has 19 heavy (non-hydrogen) atoms. The number of unbranched alkanes of at least 4 members (excludes halogenated alkanes) is 1. The molecule has 100 valence electrons. The number of rotatable bonds is 4. The predicted molar refractivity (Wildman–Crippen MR) is 71.4 cm³/mol. The third-order valence-electron chi connectivity index (χ3n) is 2.75. The van der Waals surface area contributed by atoms with Crippen LogP contribution in [0.15, 0.2) is 33.5 Å². The van der Waals surface area contributed by atoms with Gasteiger partial charge >= 0.3 is 0 Å². The standard InChI is InChI=1S/C14H15NO4/c1-2-3-6-15-14(18)13-8-11(17)10-5-4-9(16)7-12(10)19-13/h4-5,7-8,16H,2-3,6H2,1H3,(H,15,18). The molecule has 0 aliphatic rings. The average molecular weight is 261 g/mol. The fourth-order valence-corrected chi connectivity index (χ4v) is 1.72. The second-order valence-electron chi connectivity index (χ2n) is 4.26. The molecule has 0 unspecified atom stereocenters. The molecule has 0 aliphatic heterocycles. The predicted octanol–water partition coefficient (Wildman–Crippen LogP) is 2.03. The molecule has 2 rings (SSSR count). The number of phenols is 1. The molecule has 1 amide bonds. The van der Waals surface area contributed by atoms with E-state index in [1.807, 2.05) is 6.92 Å². The van der Waals surface area contributed by atoms with Crippen LogP contribution in [0.4, 0.5) is 0 Å². The van der Waals surface area contributed by atoms with Crippen molar-refractivity contribution in [1.29, 1.82) is 0 Å². The number of carbonyl (C=O) groups excluding carboxylic acids is 1. The normalized spacial score (nSPS) is 10.6. The van der Waals surface area contributed by atoms with E-state index in [1.54, 1.807) is 0 Å². The van der Waals surface area contributed by atoms with E-state index in [4.69, 9.17) is 4.42 Å². The Kier molecular flexibility index (Phi) is 3.85. The minimum atomic E-state index is -0.421. The Labute approximate surface area is 109 Å². The maximum atomic E-state index is 11.8. The largest absolute Gasteiger partial charge is 0.508 e. The fraction of sp³-hybridized carbons (Fsp3) is 0.286. The van der Waals surface area contributed by atoms with Crippen molar-refractivity contribution in [3.63, 3.8) is 0 Å². The molecule has 0 spiro atoms. The van der Waals surface area contributed by atoms with E-state index in [9.17, 15) is 14.7 Å². The average Bonchev–Trinajstić information content (AvgIpc) is 2.38. The Morgan fingerprint density at radius 1 is 1.37 bits per heavy atom. The highest BCUT2D eigenvalue weighted by atomic mass is 16.3. The molecule has 0 atom stereocenters. The van der Waals surface area contributed by atoms with Gasteiger partial charge in [0.1, 0.15) is 11.3 Å². The number of carbonyl (C=O) groups is 1. The van der Waals surface area contributed by atoms with Gasteiger partial charge in [0.05, 0.1) is 5.39 Å². The summed E-state index contributed by atoms with van der Waals surface area (Å²) in [7, 11) is 0. The third-order valence-corrected chi connectivity index (χ3v) is 2.75. The van der Waals surface area contributed by atoms with Crippen LogP contribution in [-0.2, 0) is 0 Å². The summed E-state index contributed by atoms with van der Waals surface area (Å²) >= 11 is 0. The molecule has 0 radical (unpaired) electrons. The highest BCUT2D eigenvalue weighted by molar-refractivity contribution is 5.93. The summed E-state index contributed by atoms with van der Waals surface area (Å²) in [6.07, 6.45) is 1.83. The third kappa shape index (κ3) is 2.93. The lowest BCUT2D eigenvalue weighted by Crippen LogP contribution is -2.25. The van der Waals surface area contributed by atoms with Gasteiger partial charge in [-0.2, -0.15) is 0 Å². The summed E-state index contributed by atoms with van der Waals surface area (Å²) in [5.41, 5.74) is -0.102. The molecule has 0 aliphatic carbocycles. The Morgan fingerprint density at radius 3 is 2.89 bits per heavy atom. The number of nitrogens with one attached hydrogen (secondary N) is 1. The van der Waals surface area contributed by atoms with Crippen LogP contribution in [0.5, 0.6) is 5.75 Å². The van der Waals surface area contributed by atoms with Gasteiger partial charge in [0.25, 0.3) is 5.91 Å². The van der Waals surface area contributed by atoms with Gasteiger partial charge in [-0.1, -0.05) is 13.3 Å². The molecule has 0 saturated carbocycles. The van der Waals surface area contributed by atoms with E-state index >= 15 is 0 Å². The summed E-state index contributed by atoms with van der Waals surface area (Å²) in [5.74, 6) is -0.478.